The first-order valence-corrected chi connectivity index (χ1v) is 23.1. The predicted octanol–water partition coefficient (Wildman–Crippen LogP) is 5.37. The highest BCUT2D eigenvalue weighted by atomic mass is 16.6. The Hall–Kier alpha value is -6.00. The minimum absolute atomic E-state index is 0.00565. The average molecular weight is 892 g/mol. The Bertz CT molecular complexity index is 2390. The number of aromatic nitrogens is 3. The molecule has 0 spiro atoms. The van der Waals surface area contributed by atoms with Crippen LogP contribution in [0.25, 0.3) is 21.8 Å². The van der Waals surface area contributed by atoms with Gasteiger partial charge in [0.1, 0.15) is 0 Å². The largest absolute Gasteiger partial charge is 0.428 e. The Labute approximate surface area is 381 Å². The number of fused-ring (bicyclic) bond motifs is 2. The molecule has 0 aliphatic carbocycles. The molecule has 1 atom stereocenters. The zero-order chi connectivity index (χ0) is 45.9. The number of aryl methyl sites for hydroxylation is 1. The van der Waals surface area contributed by atoms with Crippen LogP contribution in [0.4, 0.5) is 9.59 Å². The molecular formula is C49H65N9O7. The van der Waals surface area contributed by atoms with Crippen molar-refractivity contribution in [3.63, 3.8) is 0 Å². The molecule has 3 aliphatic heterocycles. The van der Waals surface area contributed by atoms with Crippen molar-refractivity contribution >= 4 is 45.8 Å². The Kier molecular flexibility index (Phi) is 16.1. The first-order chi connectivity index (χ1) is 31.5. The molecule has 348 valence electrons. The summed E-state index contributed by atoms with van der Waals surface area (Å²) in [5.74, 6) is -0.761. The Morgan fingerprint density at radius 2 is 1.48 bits per heavy atom. The van der Waals surface area contributed by atoms with Crippen LogP contribution in [0, 0.1) is 12.8 Å². The standard InChI is InChI=1S/C49H65N9O7/c1-5-7-17-50-48(62)64-33-57-32-40-29-36(27-35(3)45(40)52-57)28-39(46(60)56-25-23-54(24-26-56)41-15-19-53(4)20-16-41)31-44(59)55-21-13-37(14-22-55)42-30-38-11-9-10-12-43(38)58(47(42)61)34-65-49(63)51-18-8-6-2/h5-6,9-12,27,29-30,32,37,39,41H,1-2,7-8,13-26,28,31,33-34H2,3-4H3,(H,50,62)(H,51,63)/t39-/m0/s1. The number of carbonyl (C=O) groups is 4. The van der Waals surface area contributed by atoms with Gasteiger partial charge in [-0.3, -0.25) is 23.9 Å². The van der Waals surface area contributed by atoms with E-state index in [1.807, 2.05) is 65.4 Å². The van der Waals surface area contributed by atoms with Gasteiger partial charge >= 0.3 is 12.2 Å². The van der Waals surface area contributed by atoms with Gasteiger partial charge in [-0.15, -0.1) is 13.2 Å². The van der Waals surface area contributed by atoms with E-state index >= 15 is 0 Å². The normalized spacial score (nSPS) is 17.2. The fourth-order valence-corrected chi connectivity index (χ4v) is 9.53. The molecule has 3 saturated heterocycles. The highest BCUT2D eigenvalue weighted by molar-refractivity contribution is 5.87. The molecule has 0 saturated carbocycles. The predicted molar refractivity (Wildman–Crippen MR) is 250 cm³/mol. The van der Waals surface area contributed by atoms with Crippen molar-refractivity contribution in [2.75, 3.05) is 72.5 Å². The first-order valence-electron chi connectivity index (χ1n) is 23.1. The third kappa shape index (κ3) is 12.0. The van der Waals surface area contributed by atoms with E-state index in [2.05, 4.69) is 45.7 Å². The van der Waals surface area contributed by atoms with Crippen molar-refractivity contribution in [2.45, 2.75) is 83.7 Å². The molecule has 2 aromatic heterocycles. The fourth-order valence-electron chi connectivity index (χ4n) is 9.53. The highest BCUT2D eigenvalue weighted by Gasteiger charge is 2.34. The fraction of sp³-hybridized carbons (Fsp3) is 0.510. The van der Waals surface area contributed by atoms with E-state index in [9.17, 15) is 24.0 Å². The molecule has 0 bridgehead atoms. The van der Waals surface area contributed by atoms with E-state index in [-0.39, 0.29) is 43.2 Å². The van der Waals surface area contributed by atoms with Crippen molar-refractivity contribution in [1.29, 1.82) is 0 Å². The maximum absolute atomic E-state index is 14.6. The average Bonchev–Trinajstić information content (AvgIpc) is 3.74. The SMILES string of the molecule is C=CCCNC(=O)OCn1cc2cc(C[C@@H](CC(=O)N3CCC(c4cc5ccccc5n(COC(=O)NCCC=C)c4=O)CC3)C(=O)N3CCN(C4CCN(C)CC4)CC3)cc(C)c2n1. The van der Waals surface area contributed by atoms with Gasteiger partial charge in [0.05, 0.1) is 17.0 Å². The number of ether oxygens (including phenoxy) is 2. The third-order valence-electron chi connectivity index (χ3n) is 13.2. The number of amides is 4. The molecule has 0 unspecified atom stereocenters. The Morgan fingerprint density at radius 3 is 2.15 bits per heavy atom. The topological polar surface area (TPSA) is 164 Å². The van der Waals surface area contributed by atoms with Crippen LogP contribution in [0.3, 0.4) is 0 Å². The number of alkyl carbamates (subject to hydrolysis) is 2. The van der Waals surface area contributed by atoms with Crippen LogP contribution in [0.2, 0.25) is 0 Å². The van der Waals surface area contributed by atoms with E-state index in [0.717, 1.165) is 66.4 Å². The van der Waals surface area contributed by atoms with Crippen molar-refractivity contribution in [2.24, 2.45) is 5.92 Å². The number of piperazine rings is 1. The van der Waals surface area contributed by atoms with Crippen LogP contribution < -0.4 is 16.2 Å². The van der Waals surface area contributed by atoms with Gasteiger partial charge in [-0.05, 0) is 113 Å². The molecular weight excluding hydrogens is 827 g/mol. The van der Waals surface area contributed by atoms with E-state index in [1.54, 1.807) is 16.8 Å². The number of para-hydroxylation sites is 1. The van der Waals surface area contributed by atoms with Crippen molar-refractivity contribution in [1.82, 2.24) is 44.6 Å². The lowest BCUT2D eigenvalue weighted by Gasteiger charge is -2.43. The molecule has 3 fully saturated rings. The zero-order valence-corrected chi connectivity index (χ0v) is 38.1. The summed E-state index contributed by atoms with van der Waals surface area (Å²) in [6.45, 7) is 15.8. The number of hydrogen-bond acceptors (Lipinski definition) is 10. The molecule has 2 aromatic carbocycles. The number of piperidine rings is 2. The first kappa shape index (κ1) is 47.0. The maximum Gasteiger partial charge on any atom is 0.408 e. The summed E-state index contributed by atoms with van der Waals surface area (Å²) in [6, 6.07) is 14.1. The summed E-state index contributed by atoms with van der Waals surface area (Å²) < 4.78 is 13.9. The molecule has 65 heavy (non-hydrogen) atoms. The lowest BCUT2D eigenvalue weighted by molar-refractivity contribution is -0.143. The monoisotopic (exact) mass is 892 g/mol. The summed E-state index contributed by atoms with van der Waals surface area (Å²) in [7, 11) is 2.17. The number of rotatable bonds is 17. The molecule has 16 heteroatoms. The van der Waals surface area contributed by atoms with Gasteiger partial charge < -0.3 is 34.8 Å². The number of hydrogen-bond donors (Lipinski definition) is 2. The number of likely N-dealkylation sites (tertiary alicyclic amines) is 2. The second-order valence-corrected chi connectivity index (χ2v) is 17.7. The van der Waals surface area contributed by atoms with Crippen LogP contribution in [-0.4, -0.2) is 136 Å². The lowest BCUT2D eigenvalue weighted by atomic mass is 9.88. The number of carbonyl (C=O) groups excluding carboxylic acids is 4. The third-order valence-corrected chi connectivity index (χ3v) is 13.2. The van der Waals surface area contributed by atoms with Crippen LogP contribution in [0.5, 0.6) is 0 Å². The number of benzene rings is 2. The minimum atomic E-state index is -0.609. The van der Waals surface area contributed by atoms with E-state index in [1.165, 1.54) is 4.57 Å². The summed E-state index contributed by atoms with van der Waals surface area (Å²) >= 11 is 0. The van der Waals surface area contributed by atoms with Crippen LogP contribution in [0.15, 0.2) is 78.8 Å². The molecule has 7 rings (SSSR count). The minimum Gasteiger partial charge on any atom is -0.428 e. The van der Waals surface area contributed by atoms with Gasteiger partial charge in [-0.25, -0.2) is 14.3 Å². The Balaban J connectivity index is 1.04. The second kappa shape index (κ2) is 22.3. The number of nitrogens with one attached hydrogen (secondary N) is 2. The van der Waals surface area contributed by atoms with E-state index in [4.69, 9.17) is 9.47 Å². The molecule has 16 nitrogen and oxygen atoms in total. The zero-order valence-electron chi connectivity index (χ0n) is 38.1. The van der Waals surface area contributed by atoms with Gasteiger partial charge in [0.15, 0.2) is 13.5 Å². The number of pyridine rings is 1. The summed E-state index contributed by atoms with van der Waals surface area (Å²) in [5, 5.41) is 11.7. The number of nitrogens with zero attached hydrogens (tertiary/aromatic N) is 7. The molecule has 4 aromatic rings. The molecule has 2 N–H and O–H groups in total. The van der Waals surface area contributed by atoms with Crippen LogP contribution in [0.1, 0.15) is 67.6 Å². The maximum atomic E-state index is 14.6. The summed E-state index contributed by atoms with van der Waals surface area (Å²) in [4.78, 5) is 76.2. The Morgan fingerprint density at radius 1 is 0.815 bits per heavy atom. The van der Waals surface area contributed by atoms with Gasteiger partial charge in [0.25, 0.3) is 5.56 Å². The molecule has 3 aliphatic rings. The van der Waals surface area contributed by atoms with Crippen LogP contribution >= 0.6 is 0 Å². The molecule has 4 amide bonds. The second-order valence-electron chi connectivity index (χ2n) is 17.7. The molecule has 5 heterocycles. The lowest BCUT2D eigenvalue weighted by Crippen LogP contribution is -2.55. The van der Waals surface area contributed by atoms with Gasteiger partial charge in [0, 0.05) is 82.0 Å². The highest BCUT2D eigenvalue weighted by Crippen LogP contribution is 2.30. The summed E-state index contributed by atoms with van der Waals surface area (Å²) in [6.07, 6.45) is 9.22. The van der Waals surface area contributed by atoms with Gasteiger partial charge in [0.2, 0.25) is 11.8 Å². The van der Waals surface area contributed by atoms with E-state index in [0.29, 0.717) is 88.5 Å². The van der Waals surface area contributed by atoms with Crippen LogP contribution in [-0.2, 0) is 38.9 Å². The quantitative estimate of drug-likeness (QED) is 0.104. The van der Waals surface area contributed by atoms with Crippen molar-refractivity contribution in [3.05, 3.63) is 101 Å². The molecule has 0 radical (unpaired) electrons. The summed E-state index contributed by atoms with van der Waals surface area (Å²) in [5.41, 5.74) is 3.70. The van der Waals surface area contributed by atoms with Crippen molar-refractivity contribution < 1.29 is 28.7 Å². The van der Waals surface area contributed by atoms with Crippen molar-refractivity contribution in [3.8, 4) is 0 Å². The van der Waals surface area contributed by atoms with Gasteiger partial charge in [-0.1, -0.05) is 36.4 Å². The van der Waals surface area contributed by atoms with Gasteiger partial charge in [-0.2, -0.15) is 5.10 Å². The van der Waals surface area contributed by atoms with E-state index < -0.39 is 18.1 Å². The smallest absolute Gasteiger partial charge is 0.408 e.